The van der Waals surface area contributed by atoms with E-state index in [2.05, 4.69) is 30.0 Å². The van der Waals surface area contributed by atoms with Crippen LogP contribution in [0, 0.1) is 17.8 Å². The van der Waals surface area contributed by atoms with E-state index < -0.39 is 0 Å². The highest BCUT2D eigenvalue weighted by Crippen LogP contribution is 2.57. The van der Waals surface area contributed by atoms with Gasteiger partial charge in [0.25, 0.3) is 0 Å². The summed E-state index contributed by atoms with van der Waals surface area (Å²) in [6, 6.07) is 7.25. The molecule has 27 heavy (non-hydrogen) atoms. The molecule has 0 radical (unpaired) electrons. The van der Waals surface area contributed by atoms with Gasteiger partial charge in [-0.1, -0.05) is 19.4 Å². The zero-order chi connectivity index (χ0) is 17.9. The van der Waals surface area contributed by atoms with Crippen LogP contribution in [-0.2, 0) is 16.6 Å². The summed E-state index contributed by atoms with van der Waals surface area (Å²) in [5.41, 5.74) is 2.95. The second kappa shape index (κ2) is 7.08. The molecule has 4 heteroatoms. The Morgan fingerprint density at radius 1 is 1.26 bits per heavy atom. The summed E-state index contributed by atoms with van der Waals surface area (Å²) in [7, 11) is 1.75. The smallest absolute Gasteiger partial charge is 0.134 e. The molecule has 148 valence electrons. The summed E-state index contributed by atoms with van der Waals surface area (Å²) in [5.74, 6) is 3.44. The van der Waals surface area contributed by atoms with Crippen molar-refractivity contribution in [3.05, 3.63) is 29.3 Å². The Bertz CT molecular complexity index is 731. The first-order valence-corrected chi connectivity index (χ1v) is 10.5. The highest BCUT2D eigenvalue weighted by Gasteiger charge is 2.58. The number of hydrogen-bond acceptors (Lipinski definition) is 3. The van der Waals surface area contributed by atoms with Gasteiger partial charge in [-0.15, -0.1) is 12.4 Å². The predicted octanol–water partition coefficient (Wildman–Crippen LogP) is 4.40. The predicted molar refractivity (Wildman–Crippen MR) is 110 cm³/mol. The maximum atomic E-state index is 12.7. The number of benzene rings is 1. The summed E-state index contributed by atoms with van der Waals surface area (Å²) < 4.78 is 5.55. The van der Waals surface area contributed by atoms with Crippen LogP contribution in [0.15, 0.2) is 18.2 Å². The molecule has 2 bridgehead atoms. The standard InChI is InChI=1S/C23H31NO2.ClH/c1-15-10-18(25)13-23-8-9-24(14-16-4-3-5-16)21(22(15)23)11-17-6-7-19(26-2)12-20(17)23;/h6-7,12,15-16,21-22H,3-5,8-11,13-14H2,1-2H3;1H/t15-,21?,22-,23?;/m0./s1. The van der Waals surface area contributed by atoms with Crippen LogP contribution in [0.1, 0.15) is 56.6 Å². The lowest BCUT2D eigenvalue weighted by atomic mass is 9.49. The third-order valence-electron chi connectivity index (χ3n) is 8.04. The van der Waals surface area contributed by atoms with Crippen molar-refractivity contribution in [2.45, 2.75) is 63.3 Å². The van der Waals surface area contributed by atoms with Gasteiger partial charge < -0.3 is 4.74 Å². The summed E-state index contributed by atoms with van der Waals surface area (Å²) in [6.07, 6.45) is 8.06. The zero-order valence-corrected chi connectivity index (χ0v) is 17.4. The Morgan fingerprint density at radius 3 is 2.78 bits per heavy atom. The largest absolute Gasteiger partial charge is 0.497 e. The van der Waals surface area contributed by atoms with Crippen molar-refractivity contribution >= 4 is 18.2 Å². The Morgan fingerprint density at radius 2 is 2.07 bits per heavy atom. The van der Waals surface area contributed by atoms with Gasteiger partial charge in [-0.25, -0.2) is 0 Å². The number of rotatable bonds is 3. The van der Waals surface area contributed by atoms with Gasteiger partial charge in [0.1, 0.15) is 11.5 Å². The van der Waals surface area contributed by atoms with Crippen LogP contribution in [0.3, 0.4) is 0 Å². The average molecular weight is 390 g/mol. The fraction of sp³-hybridized carbons (Fsp3) is 0.696. The van der Waals surface area contributed by atoms with Crippen molar-refractivity contribution in [3.63, 3.8) is 0 Å². The van der Waals surface area contributed by atoms with Gasteiger partial charge in [0.05, 0.1) is 7.11 Å². The minimum atomic E-state index is 0. The molecule has 1 aromatic carbocycles. The minimum absolute atomic E-state index is 0. The van der Waals surface area contributed by atoms with Crippen molar-refractivity contribution in [2.24, 2.45) is 17.8 Å². The first kappa shape index (κ1) is 19.3. The van der Waals surface area contributed by atoms with Crippen LogP contribution in [0.25, 0.3) is 0 Å². The van der Waals surface area contributed by atoms with E-state index in [1.807, 2.05) is 0 Å². The van der Waals surface area contributed by atoms with Crippen LogP contribution in [-0.4, -0.2) is 36.9 Å². The Kier molecular flexibility index (Phi) is 5.05. The number of ketones is 1. The van der Waals surface area contributed by atoms with Gasteiger partial charge in [0.15, 0.2) is 0 Å². The Hall–Kier alpha value is -1.06. The molecule has 2 saturated carbocycles. The topological polar surface area (TPSA) is 29.5 Å². The number of piperidine rings is 1. The second-order valence-corrected chi connectivity index (χ2v) is 9.42. The van der Waals surface area contributed by atoms with Crippen molar-refractivity contribution in [2.75, 3.05) is 20.2 Å². The molecule has 5 rings (SSSR count). The summed E-state index contributed by atoms with van der Waals surface area (Å²) in [5, 5.41) is 0. The van der Waals surface area contributed by atoms with Crippen molar-refractivity contribution in [1.82, 2.24) is 4.90 Å². The number of methoxy groups -OCH3 is 1. The molecule has 1 saturated heterocycles. The van der Waals surface area contributed by atoms with Crippen molar-refractivity contribution in [3.8, 4) is 5.75 Å². The molecule has 0 spiro atoms. The fourth-order valence-electron chi connectivity index (χ4n) is 6.76. The van der Waals surface area contributed by atoms with E-state index >= 15 is 0 Å². The van der Waals surface area contributed by atoms with E-state index in [4.69, 9.17) is 4.74 Å². The van der Waals surface area contributed by atoms with E-state index in [0.29, 0.717) is 23.7 Å². The van der Waals surface area contributed by atoms with E-state index in [9.17, 15) is 4.79 Å². The number of halogens is 1. The maximum absolute atomic E-state index is 12.7. The highest BCUT2D eigenvalue weighted by molar-refractivity contribution is 5.85. The molecule has 0 N–H and O–H groups in total. The lowest BCUT2D eigenvalue weighted by Gasteiger charge is -2.61. The normalized spacial score (nSPS) is 35.5. The van der Waals surface area contributed by atoms with Crippen LogP contribution >= 0.6 is 12.4 Å². The van der Waals surface area contributed by atoms with E-state index in [1.54, 1.807) is 7.11 Å². The maximum Gasteiger partial charge on any atom is 0.134 e. The van der Waals surface area contributed by atoms with Crippen LogP contribution in [0.4, 0.5) is 0 Å². The SMILES string of the molecule is COc1ccc2c(c1)C13CCN(CC4CCC4)C(C2)[C@@H]1[C@@H](C)CC(=O)C3.Cl. The first-order chi connectivity index (χ1) is 12.6. The number of ether oxygens (including phenoxy) is 1. The molecule has 1 aliphatic heterocycles. The van der Waals surface area contributed by atoms with Crippen molar-refractivity contribution < 1.29 is 9.53 Å². The van der Waals surface area contributed by atoms with Crippen molar-refractivity contribution in [1.29, 1.82) is 0 Å². The molecule has 0 aromatic heterocycles. The van der Waals surface area contributed by atoms with E-state index in [1.165, 1.54) is 36.9 Å². The van der Waals surface area contributed by atoms with Gasteiger partial charge in [-0.3, -0.25) is 9.69 Å². The average Bonchev–Trinajstić information content (AvgIpc) is 2.58. The third kappa shape index (κ3) is 2.93. The van der Waals surface area contributed by atoms with Crippen LogP contribution < -0.4 is 4.74 Å². The Labute approximate surface area is 169 Å². The first-order valence-electron chi connectivity index (χ1n) is 10.5. The summed E-state index contributed by atoms with van der Waals surface area (Å²) in [4.78, 5) is 15.5. The zero-order valence-electron chi connectivity index (χ0n) is 16.6. The van der Waals surface area contributed by atoms with Gasteiger partial charge in [-0.2, -0.15) is 0 Å². The molecule has 0 amide bonds. The number of likely N-dealkylation sites (tertiary alicyclic amines) is 1. The fourth-order valence-corrected chi connectivity index (χ4v) is 6.76. The number of fused-ring (bicyclic) bond motifs is 1. The lowest BCUT2D eigenvalue weighted by molar-refractivity contribution is -0.131. The molecule has 4 atom stereocenters. The number of carbonyl (C=O) groups excluding carboxylic acids is 1. The van der Waals surface area contributed by atoms with Crippen LogP contribution in [0.2, 0.25) is 0 Å². The molecule has 1 heterocycles. The van der Waals surface area contributed by atoms with E-state index in [-0.39, 0.29) is 17.8 Å². The van der Waals surface area contributed by atoms with Gasteiger partial charge >= 0.3 is 0 Å². The number of nitrogens with zero attached hydrogens (tertiary/aromatic N) is 1. The molecule has 3 fully saturated rings. The highest BCUT2D eigenvalue weighted by atomic mass is 35.5. The van der Waals surface area contributed by atoms with Gasteiger partial charge in [0, 0.05) is 30.8 Å². The summed E-state index contributed by atoms with van der Waals surface area (Å²) in [6.45, 7) is 4.78. The second-order valence-electron chi connectivity index (χ2n) is 9.42. The number of Topliss-reactive ketones (excluding diaryl/α,β-unsaturated/α-hetero) is 1. The molecule has 4 aliphatic rings. The molecule has 3 aliphatic carbocycles. The monoisotopic (exact) mass is 389 g/mol. The molecular weight excluding hydrogens is 358 g/mol. The van der Waals surface area contributed by atoms with Crippen LogP contribution in [0.5, 0.6) is 5.75 Å². The Balaban J connectivity index is 0.00000180. The minimum Gasteiger partial charge on any atom is -0.497 e. The number of hydrogen-bond donors (Lipinski definition) is 0. The number of carbonyl (C=O) groups is 1. The lowest BCUT2D eigenvalue weighted by Crippen LogP contribution is -2.64. The third-order valence-corrected chi connectivity index (χ3v) is 8.04. The molecule has 3 nitrogen and oxygen atoms in total. The molecular formula is C23H32ClNO2. The summed E-state index contributed by atoms with van der Waals surface area (Å²) >= 11 is 0. The van der Waals surface area contributed by atoms with E-state index in [0.717, 1.165) is 43.9 Å². The van der Waals surface area contributed by atoms with Gasteiger partial charge in [-0.05, 0) is 73.2 Å². The molecule has 2 unspecified atom stereocenters. The van der Waals surface area contributed by atoms with Gasteiger partial charge in [0.2, 0.25) is 0 Å². The quantitative estimate of drug-likeness (QED) is 0.767. The molecule has 1 aromatic rings.